The number of imide groups is 1. The number of esters is 1. The van der Waals surface area contributed by atoms with Gasteiger partial charge in [-0.05, 0) is 60.7 Å². The summed E-state index contributed by atoms with van der Waals surface area (Å²) in [6, 6.07) is 9.49. The molecule has 160 valence electrons. The number of hydrogen-bond donors (Lipinski definition) is 0. The van der Waals surface area contributed by atoms with Crippen molar-refractivity contribution in [1.29, 1.82) is 0 Å². The molecule has 0 unspecified atom stereocenters. The van der Waals surface area contributed by atoms with Crippen LogP contribution in [0.4, 0.5) is 0 Å². The van der Waals surface area contributed by atoms with Crippen LogP contribution in [0, 0.1) is 0 Å². The van der Waals surface area contributed by atoms with Gasteiger partial charge < -0.3 is 9.15 Å². The van der Waals surface area contributed by atoms with Gasteiger partial charge in [-0.25, -0.2) is 9.59 Å². The SMILES string of the molecule is C=CCN1C(=O)c2ccc(C(=O)OCc3cc(=O)oc4cc5c(cc34)CCC5)cc2C1=O. The molecule has 2 aromatic carbocycles. The highest BCUT2D eigenvalue weighted by Gasteiger charge is 2.35. The maximum absolute atomic E-state index is 12.7. The van der Waals surface area contributed by atoms with Gasteiger partial charge in [-0.1, -0.05) is 6.08 Å². The summed E-state index contributed by atoms with van der Waals surface area (Å²) in [4.78, 5) is 50.6. The lowest BCUT2D eigenvalue weighted by atomic mass is 10.0. The Morgan fingerprint density at radius 3 is 2.56 bits per heavy atom. The molecule has 0 spiro atoms. The second kappa shape index (κ2) is 7.60. The number of hydrogen-bond acceptors (Lipinski definition) is 6. The molecule has 1 aliphatic heterocycles. The van der Waals surface area contributed by atoms with Gasteiger partial charge in [-0.15, -0.1) is 6.58 Å². The van der Waals surface area contributed by atoms with Crippen LogP contribution in [0.25, 0.3) is 11.0 Å². The van der Waals surface area contributed by atoms with Gasteiger partial charge in [0, 0.05) is 23.6 Å². The number of aryl methyl sites for hydroxylation is 2. The molecule has 0 fully saturated rings. The summed E-state index contributed by atoms with van der Waals surface area (Å²) in [5, 5.41) is 0.743. The minimum atomic E-state index is -0.655. The topological polar surface area (TPSA) is 93.9 Å². The van der Waals surface area contributed by atoms with Gasteiger partial charge in [0.1, 0.15) is 12.2 Å². The molecule has 0 atom stereocenters. The summed E-state index contributed by atoms with van der Waals surface area (Å²) < 4.78 is 10.8. The summed E-state index contributed by atoms with van der Waals surface area (Å²) in [5.74, 6) is -1.54. The summed E-state index contributed by atoms with van der Waals surface area (Å²) >= 11 is 0. The summed E-state index contributed by atoms with van der Waals surface area (Å²) in [6.45, 7) is 3.53. The largest absolute Gasteiger partial charge is 0.457 e. The average Bonchev–Trinajstić information content (AvgIpc) is 3.33. The number of carbonyl (C=O) groups is 3. The fourth-order valence-corrected chi connectivity index (χ4v) is 4.35. The Morgan fingerprint density at radius 1 is 1.03 bits per heavy atom. The monoisotopic (exact) mass is 429 g/mol. The zero-order valence-corrected chi connectivity index (χ0v) is 17.2. The van der Waals surface area contributed by atoms with E-state index in [1.54, 1.807) is 0 Å². The smallest absolute Gasteiger partial charge is 0.338 e. The van der Waals surface area contributed by atoms with E-state index in [0.717, 1.165) is 29.5 Å². The van der Waals surface area contributed by atoms with Crippen LogP contribution in [0.15, 0.2) is 58.3 Å². The maximum atomic E-state index is 12.7. The van der Waals surface area contributed by atoms with Gasteiger partial charge in [0.15, 0.2) is 0 Å². The van der Waals surface area contributed by atoms with Crippen LogP contribution in [0.2, 0.25) is 0 Å². The van der Waals surface area contributed by atoms with Crippen LogP contribution in [-0.4, -0.2) is 29.2 Å². The first-order chi connectivity index (χ1) is 15.5. The Kier molecular flexibility index (Phi) is 4.74. The third-order valence-electron chi connectivity index (χ3n) is 5.92. The first-order valence-corrected chi connectivity index (χ1v) is 10.3. The number of amides is 2. The van der Waals surface area contributed by atoms with Crippen LogP contribution in [0.5, 0.6) is 0 Å². The predicted molar refractivity (Wildman–Crippen MR) is 116 cm³/mol. The standard InChI is InChI=1S/C25H19NO6/c1-2-8-26-23(28)18-7-6-16(10-20(18)24(26)29)25(30)31-13-17-12-22(27)32-21-11-15-5-3-4-14(15)9-19(17)21/h2,6-7,9-12H,1,3-5,8,13H2. The molecule has 7 nitrogen and oxygen atoms in total. The van der Waals surface area contributed by atoms with Crippen molar-refractivity contribution >= 4 is 28.8 Å². The molecule has 1 aliphatic carbocycles. The van der Waals surface area contributed by atoms with Crippen LogP contribution < -0.4 is 5.63 Å². The van der Waals surface area contributed by atoms with E-state index in [-0.39, 0.29) is 29.8 Å². The molecule has 0 N–H and O–H groups in total. The average molecular weight is 429 g/mol. The lowest BCUT2D eigenvalue weighted by Gasteiger charge is -2.10. The molecule has 2 amide bonds. The second-order valence-electron chi connectivity index (χ2n) is 7.91. The minimum Gasteiger partial charge on any atom is -0.457 e. The number of carbonyl (C=O) groups excluding carboxylic acids is 3. The summed E-state index contributed by atoms with van der Waals surface area (Å²) in [5.41, 5.74) is 3.48. The lowest BCUT2D eigenvalue weighted by Crippen LogP contribution is -2.29. The molecular formula is C25H19NO6. The van der Waals surface area contributed by atoms with E-state index in [1.807, 2.05) is 12.1 Å². The normalized spacial score (nSPS) is 14.6. The fourth-order valence-electron chi connectivity index (χ4n) is 4.35. The molecule has 1 aromatic heterocycles. The molecule has 5 rings (SSSR count). The molecule has 7 heteroatoms. The first-order valence-electron chi connectivity index (χ1n) is 10.3. The Labute approximate surface area is 182 Å². The highest BCUT2D eigenvalue weighted by atomic mass is 16.5. The van der Waals surface area contributed by atoms with E-state index in [0.29, 0.717) is 11.1 Å². The molecule has 3 aromatic rings. The zero-order chi connectivity index (χ0) is 22.4. The highest BCUT2D eigenvalue weighted by molar-refractivity contribution is 6.22. The maximum Gasteiger partial charge on any atom is 0.338 e. The van der Waals surface area contributed by atoms with Crippen molar-refractivity contribution in [2.24, 2.45) is 0 Å². The third-order valence-corrected chi connectivity index (χ3v) is 5.92. The quantitative estimate of drug-likeness (QED) is 0.267. The van der Waals surface area contributed by atoms with E-state index in [1.165, 1.54) is 41.5 Å². The minimum absolute atomic E-state index is 0.0967. The van der Waals surface area contributed by atoms with E-state index in [2.05, 4.69) is 6.58 Å². The van der Waals surface area contributed by atoms with Gasteiger partial charge in [-0.2, -0.15) is 0 Å². The lowest BCUT2D eigenvalue weighted by molar-refractivity contribution is 0.0473. The zero-order valence-electron chi connectivity index (χ0n) is 17.2. The van der Waals surface area contributed by atoms with Crippen molar-refractivity contribution in [1.82, 2.24) is 4.90 Å². The van der Waals surface area contributed by atoms with Gasteiger partial charge in [-0.3, -0.25) is 14.5 Å². The number of nitrogens with zero attached hydrogens (tertiary/aromatic N) is 1. The Morgan fingerprint density at radius 2 is 1.78 bits per heavy atom. The van der Waals surface area contributed by atoms with E-state index in [4.69, 9.17) is 9.15 Å². The molecule has 2 aliphatic rings. The third kappa shape index (κ3) is 3.22. The van der Waals surface area contributed by atoms with Crippen molar-refractivity contribution in [2.75, 3.05) is 6.54 Å². The molecule has 0 radical (unpaired) electrons. The molecule has 0 bridgehead atoms. The number of ether oxygens (including phenoxy) is 1. The van der Waals surface area contributed by atoms with Crippen LogP contribution in [-0.2, 0) is 24.2 Å². The van der Waals surface area contributed by atoms with Crippen molar-refractivity contribution in [3.8, 4) is 0 Å². The van der Waals surface area contributed by atoms with Crippen LogP contribution in [0.1, 0.15) is 54.2 Å². The van der Waals surface area contributed by atoms with E-state index >= 15 is 0 Å². The van der Waals surface area contributed by atoms with Crippen LogP contribution >= 0.6 is 0 Å². The Bertz CT molecular complexity index is 1380. The van der Waals surface area contributed by atoms with Gasteiger partial charge in [0.05, 0.1) is 16.7 Å². The van der Waals surface area contributed by atoms with Crippen molar-refractivity contribution in [3.05, 3.63) is 92.9 Å². The van der Waals surface area contributed by atoms with Gasteiger partial charge in [0.2, 0.25) is 0 Å². The molecule has 0 saturated heterocycles. The predicted octanol–water partition coefficient (Wildman–Crippen LogP) is 3.42. The summed E-state index contributed by atoms with van der Waals surface area (Å²) in [6.07, 6.45) is 4.45. The number of rotatable bonds is 5. The summed E-state index contributed by atoms with van der Waals surface area (Å²) in [7, 11) is 0. The number of fused-ring (bicyclic) bond motifs is 3. The fraction of sp³-hybridized carbons (Fsp3) is 0.200. The Hall–Kier alpha value is -4.00. The van der Waals surface area contributed by atoms with Crippen LogP contribution in [0.3, 0.4) is 0 Å². The van der Waals surface area contributed by atoms with Crippen molar-refractivity contribution in [2.45, 2.75) is 25.9 Å². The molecule has 0 saturated carbocycles. The highest BCUT2D eigenvalue weighted by Crippen LogP contribution is 2.29. The molecular weight excluding hydrogens is 410 g/mol. The van der Waals surface area contributed by atoms with Gasteiger partial charge in [0.25, 0.3) is 11.8 Å². The van der Waals surface area contributed by atoms with E-state index < -0.39 is 23.4 Å². The van der Waals surface area contributed by atoms with E-state index in [9.17, 15) is 19.2 Å². The van der Waals surface area contributed by atoms with Crippen molar-refractivity contribution < 1.29 is 23.5 Å². The number of benzene rings is 2. The van der Waals surface area contributed by atoms with Crippen molar-refractivity contribution in [3.63, 3.8) is 0 Å². The Balaban J connectivity index is 1.40. The van der Waals surface area contributed by atoms with Gasteiger partial charge >= 0.3 is 11.6 Å². The molecule has 32 heavy (non-hydrogen) atoms. The second-order valence-corrected chi connectivity index (χ2v) is 7.91. The first kappa shape index (κ1) is 19.9. The molecule has 2 heterocycles.